The highest BCUT2D eigenvalue weighted by molar-refractivity contribution is 5.92. The third kappa shape index (κ3) is 8.54. The van der Waals surface area contributed by atoms with Gasteiger partial charge in [0.1, 0.15) is 23.4 Å². The van der Waals surface area contributed by atoms with Crippen molar-refractivity contribution >= 4 is 17.9 Å². The minimum absolute atomic E-state index is 0.0256. The predicted octanol–water partition coefficient (Wildman–Crippen LogP) is 4.28. The first kappa shape index (κ1) is 27.5. The molecule has 34 heavy (non-hydrogen) atoms. The number of hydrogen-bond acceptors (Lipinski definition) is 5. The van der Waals surface area contributed by atoms with Crippen molar-refractivity contribution in [3.63, 3.8) is 0 Å². The van der Waals surface area contributed by atoms with Crippen LogP contribution in [0.3, 0.4) is 0 Å². The molecule has 1 saturated carbocycles. The Morgan fingerprint density at radius 3 is 2.41 bits per heavy atom. The molecule has 0 radical (unpaired) electrons. The molecule has 1 aromatic carbocycles. The van der Waals surface area contributed by atoms with Crippen molar-refractivity contribution in [3.8, 4) is 5.75 Å². The second-order valence-electron chi connectivity index (χ2n) is 10.4. The third-order valence-corrected chi connectivity index (χ3v) is 5.43. The van der Waals surface area contributed by atoms with Crippen molar-refractivity contribution < 1.29 is 24.2 Å². The van der Waals surface area contributed by atoms with E-state index in [-0.39, 0.29) is 29.5 Å². The molecule has 2 rings (SSSR count). The number of nitrogens with one attached hydrogen (secondary N) is 2. The zero-order valence-corrected chi connectivity index (χ0v) is 21.4. The molecule has 0 aliphatic heterocycles. The number of carbonyl (C=O) groups excluding carboxylic acids is 3. The summed E-state index contributed by atoms with van der Waals surface area (Å²) in [6.07, 6.45) is 3.06. The maximum absolute atomic E-state index is 13.9. The lowest BCUT2D eigenvalue weighted by Crippen LogP contribution is -2.54. The first-order valence-corrected chi connectivity index (χ1v) is 12.3. The molecule has 0 heterocycles. The second-order valence-corrected chi connectivity index (χ2v) is 10.4. The van der Waals surface area contributed by atoms with Gasteiger partial charge in [0, 0.05) is 12.6 Å². The summed E-state index contributed by atoms with van der Waals surface area (Å²) in [6, 6.07) is 4.61. The fourth-order valence-corrected chi connectivity index (χ4v) is 3.81. The van der Waals surface area contributed by atoms with Crippen molar-refractivity contribution in [1.29, 1.82) is 0 Å². The Bertz CT molecular complexity index is 845. The van der Waals surface area contributed by atoms with Crippen molar-refractivity contribution in [3.05, 3.63) is 29.8 Å². The predicted molar refractivity (Wildman–Crippen MR) is 131 cm³/mol. The van der Waals surface area contributed by atoms with Crippen LogP contribution in [-0.2, 0) is 14.3 Å². The fraction of sp³-hybridized carbons (Fsp3) is 0.654. The number of rotatable bonds is 11. The molecular weight excluding hydrogens is 434 g/mol. The average molecular weight is 476 g/mol. The lowest BCUT2D eigenvalue weighted by atomic mass is 9.98. The number of amides is 3. The summed E-state index contributed by atoms with van der Waals surface area (Å²) >= 11 is 0. The van der Waals surface area contributed by atoms with Gasteiger partial charge in [-0.05, 0) is 70.1 Å². The molecule has 1 aliphatic carbocycles. The van der Waals surface area contributed by atoms with Crippen LogP contribution in [0, 0.1) is 5.92 Å². The fourth-order valence-electron chi connectivity index (χ4n) is 3.81. The van der Waals surface area contributed by atoms with E-state index < -0.39 is 23.8 Å². The SMILES string of the molecule is CCCCNC(=O)C(c1cccc(O)c1)N(C(=O)C(CC(C)C)NC(=O)OC(C)(C)C)C1CC1. The van der Waals surface area contributed by atoms with Crippen molar-refractivity contribution in [1.82, 2.24) is 15.5 Å². The molecular formula is C26H41N3O5. The average Bonchev–Trinajstić information content (AvgIpc) is 3.54. The zero-order valence-electron chi connectivity index (χ0n) is 21.4. The van der Waals surface area contributed by atoms with Gasteiger partial charge in [-0.25, -0.2) is 4.79 Å². The van der Waals surface area contributed by atoms with Crippen LogP contribution < -0.4 is 10.6 Å². The second kappa shape index (κ2) is 12.1. The van der Waals surface area contributed by atoms with E-state index in [1.165, 1.54) is 12.1 Å². The van der Waals surface area contributed by atoms with Crippen molar-refractivity contribution in [2.24, 2.45) is 5.92 Å². The number of aromatic hydroxyl groups is 1. The van der Waals surface area contributed by atoms with Gasteiger partial charge in [0.25, 0.3) is 0 Å². The Morgan fingerprint density at radius 2 is 1.88 bits per heavy atom. The smallest absolute Gasteiger partial charge is 0.408 e. The topological polar surface area (TPSA) is 108 Å². The molecule has 0 bridgehead atoms. The molecule has 1 aromatic rings. The molecule has 8 heteroatoms. The van der Waals surface area contributed by atoms with Gasteiger partial charge in [-0.2, -0.15) is 0 Å². The van der Waals surface area contributed by atoms with E-state index in [0.717, 1.165) is 25.7 Å². The summed E-state index contributed by atoms with van der Waals surface area (Å²) in [7, 11) is 0. The minimum Gasteiger partial charge on any atom is -0.508 e. The molecule has 1 fully saturated rings. The van der Waals surface area contributed by atoms with E-state index in [4.69, 9.17) is 4.74 Å². The summed E-state index contributed by atoms with van der Waals surface area (Å²) < 4.78 is 5.40. The quantitative estimate of drug-likeness (QED) is 0.414. The molecule has 2 atom stereocenters. The summed E-state index contributed by atoms with van der Waals surface area (Å²) in [5.74, 6) is -0.457. The van der Waals surface area contributed by atoms with Crippen LogP contribution in [-0.4, -0.2) is 52.1 Å². The number of alkyl carbamates (subject to hydrolysis) is 1. The van der Waals surface area contributed by atoms with Crippen LogP contribution >= 0.6 is 0 Å². The van der Waals surface area contributed by atoms with E-state index in [2.05, 4.69) is 10.6 Å². The maximum Gasteiger partial charge on any atom is 0.408 e. The molecule has 0 spiro atoms. The molecule has 2 unspecified atom stereocenters. The van der Waals surface area contributed by atoms with Gasteiger partial charge in [0.2, 0.25) is 11.8 Å². The number of carbonyl (C=O) groups is 3. The molecule has 0 aromatic heterocycles. The lowest BCUT2D eigenvalue weighted by Gasteiger charge is -2.35. The van der Waals surface area contributed by atoms with Gasteiger partial charge in [0.15, 0.2) is 0 Å². The van der Waals surface area contributed by atoms with E-state index in [9.17, 15) is 19.5 Å². The van der Waals surface area contributed by atoms with E-state index in [1.54, 1.807) is 37.8 Å². The first-order chi connectivity index (χ1) is 15.9. The largest absolute Gasteiger partial charge is 0.508 e. The van der Waals surface area contributed by atoms with Crippen LogP contribution in [0.15, 0.2) is 24.3 Å². The number of unbranched alkanes of at least 4 members (excludes halogenated alkanes) is 1. The summed E-state index contributed by atoms with van der Waals surface area (Å²) in [4.78, 5) is 41.4. The Balaban J connectivity index is 2.39. The Kier molecular flexibility index (Phi) is 9.77. The van der Waals surface area contributed by atoms with E-state index in [0.29, 0.717) is 18.5 Å². The van der Waals surface area contributed by atoms with Gasteiger partial charge < -0.3 is 25.4 Å². The summed E-state index contributed by atoms with van der Waals surface area (Å²) in [6.45, 7) is 11.8. The number of benzene rings is 1. The monoisotopic (exact) mass is 475 g/mol. The number of ether oxygens (including phenoxy) is 1. The molecule has 190 valence electrons. The van der Waals surface area contributed by atoms with Crippen LogP contribution in [0.5, 0.6) is 5.75 Å². The van der Waals surface area contributed by atoms with Gasteiger partial charge in [-0.15, -0.1) is 0 Å². The highest BCUT2D eigenvalue weighted by Crippen LogP contribution is 2.36. The van der Waals surface area contributed by atoms with Gasteiger partial charge in [-0.3, -0.25) is 9.59 Å². The Labute approximate surface area is 203 Å². The number of phenolic OH excluding ortho intramolecular Hbond substituents is 1. The normalized spacial score (nSPS) is 15.4. The number of phenols is 1. The van der Waals surface area contributed by atoms with Crippen LogP contribution in [0.4, 0.5) is 4.79 Å². The Morgan fingerprint density at radius 1 is 1.21 bits per heavy atom. The minimum atomic E-state index is -0.904. The molecule has 8 nitrogen and oxygen atoms in total. The van der Waals surface area contributed by atoms with Crippen LogP contribution in [0.2, 0.25) is 0 Å². The number of nitrogens with zero attached hydrogens (tertiary/aromatic N) is 1. The summed E-state index contributed by atoms with van der Waals surface area (Å²) in [5.41, 5.74) is -0.163. The number of hydrogen-bond donors (Lipinski definition) is 3. The zero-order chi connectivity index (χ0) is 25.5. The van der Waals surface area contributed by atoms with Gasteiger partial charge in [0.05, 0.1) is 0 Å². The van der Waals surface area contributed by atoms with Crippen molar-refractivity contribution in [2.75, 3.05) is 6.54 Å². The highest BCUT2D eigenvalue weighted by Gasteiger charge is 2.44. The maximum atomic E-state index is 13.9. The first-order valence-electron chi connectivity index (χ1n) is 12.3. The van der Waals surface area contributed by atoms with Crippen LogP contribution in [0.25, 0.3) is 0 Å². The Hall–Kier alpha value is -2.77. The standard InChI is InChI=1S/C26H41N3O5/c1-7-8-14-27-23(31)22(18-10-9-11-20(30)16-18)29(19-12-13-19)24(32)21(15-17(2)3)28-25(33)34-26(4,5)6/h9-11,16-17,19,21-22,30H,7-8,12-15H2,1-6H3,(H,27,31)(H,28,33). The van der Waals surface area contributed by atoms with E-state index in [1.807, 2.05) is 20.8 Å². The molecule has 1 aliphatic rings. The third-order valence-electron chi connectivity index (χ3n) is 5.43. The van der Waals surface area contributed by atoms with Gasteiger partial charge in [-0.1, -0.05) is 39.3 Å². The molecule has 3 N–H and O–H groups in total. The highest BCUT2D eigenvalue weighted by atomic mass is 16.6. The van der Waals surface area contributed by atoms with E-state index >= 15 is 0 Å². The van der Waals surface area contributed by atoms with Gasteiger partial charge >= 0.3 is 6.09 Å². The molecule has 0 saturated heterocycles. The van der Waals surface area contributed by atoms with Crippen LogP contribution in [0.1, 0.15) is 85.3 Å². The summed E-state index contributed by atoms with van der Waals surface area (Å²) in [5, 5.41) is 15.8. The lowest BCUT2D eigenvalue weighted by molar-refractivity contribution is -0.143. The molecule has 3 amide bonds. The van der Waals surface area contributed by atoms with Crippen molar-refractivity contribution in [2.45, 2.75) is 97.4 Å².